The van der Waals surface area contributed by atoms with E-state index >= 15 is 0 Å². The quantitative estimate of drug-likeness (QED) is 0.691. The zero-order valence-corrected chi connectivity index (χ0v) is 10.8. The molecule has 0 aromatic heterocycles. The first-order chi connectivity index (χ1) is 7.97. The van der Waals surface area contributed by atoms with Gasteiger partial charge in [-0.25, -0.2) is 12.7 Å². The van der Waals surface area contributed by atoms with Crippen molar-refractivity contribution >= 4 is 16.0 Å². The van der Waals surface area contributed by atoms with E-state index in [-0.39, 0.29) is 18.9 Å². The largest absolute Gasteiger partial charge is 0.481 e. The van der Waals surface area contributed by atoms with Gasteiger partial charge in [0.25, 0.3) is 0 Å². The fourth-order valence-electron chi connectivity index (χ4n) is 1.83. The highest BCUT2D eigenvalue weighted by Gasteiger charge is 2.31. The van der Waals surface area contributed by atoms with Crippen LogP contribution in [0.25, 0.3) is 0 Å². The molecule has 100 valence electrons. The lowest BCUT2D eigenvalue weighted by molar-refractivity contribution is -0.142. The van der Waals surface area contributed by atoms with Crippen molar-refractivity contribution < 1.29 is 23.1 Å². The van der Waals surface area contributed by atoms with Crippen molar-refractivity contribution in [1.29, 1.82) is 0 Å². The Balaban J connectivity index is 2.55. The molecule has 1 heterocycles. The number of sulfonamides is 1. The van der Waals surface area contributed by atoms with E-state index in [0.29, 0.717) is 26.0 Å². The molecule has 0 spiro atoms. The summed E-state index contributed by atoms with van der Waals surface area (Å²) in [5.41, 5.74) is 0. The highest BCUT2D eigenvalue weighted by atomic mass is 32.2. The molecule has 0 aromatic rings. The van der Waals surface area contributed by atoms with E-state index in [9.17, 15) is 13.2 Å². The Morgan fingerprint density at radius 1 is 1.53 bits per heavy atom. The molecule has 1 unspecified atom stereocenters. The molecular formula is C10H19NO5S. The van der Waals surface area contributed by atoms with Gasteiger partial charge < -0.3 is 9.84 Å². The number of ether oxygens (including phenoxy) is 1. The van der Waals surface area contributed by atoms with Gasteiger partial charge in [-0.2, -0.15) is 0 Å². The number of nitrogens with zero attached hydrogens (tertiary/aromatic N) is 1. The van der Waals surface area contributed by atoms with Gasteiger partial charge in [-0.15, -0.1) is 0 Å². The molecule has 0 radical (unpaired) electrons. The normalized spacial score (nSPS) is 22.5. The minimum absolute atomic E-state index is 0.0762. The first kappa shape index (κ1) is 14.4. The van der Waals surface area contributed by atoms with Crippen molar-refractivity contribution in [3.63, 3.8) is 0 Å². The molecule has 1 aliphatic heterocycles. The van der Waals surface area contributed by atoms with Gasteiger partial charge in [0.05, 0.1) is 18.3 Å². The summed E-state index contributed by atoms with van der Waals surface area (Å²) in [6.45, 7) is 2.94. The van der Waals surface area contributed by atoms with E-state index in [1.54, 1.807) is 6.92 Å². The third-order valence-electron chi connectivity index (χ3n) is 2.82. The van der Waals surface area contributed by atoms with E-state index in [1.807, 2.05) is 0 Å². The Kier molecular flexibility index (Phi) is 5.35. The standard InChI is InChI=1S/C10H19NO5S/c1-2-16-6-7-17(14,15)11-5-3-4-9(8-11)10(12)13/h9H,2-8H2,1H3,(H,12,13). The molecule has 6 nitrogen and oxygen atoms in total. The molecule has 1 aliphatic rings. The molecule has 1 rings (SSSR count). The van der Waals surface area contributed by atoms with Crippen molar-refractivity contribution in [3.8, 4) is 0 Å². The molecule has 1 fully saturated rings. The van der Waals surface area contributed by atoms with Gasteiger partial charge in [0, 0.05) is 19.7 Å². The maximum absolute atomic E-state index is 11.9. The third kappa shape index (κ3) is 4.25. The Morgan fingerprint density at radius 3 is 2.82 bits per heavy atom. The van der Waals surface area contributed by atoms with Gasteiger partial charge >= 0.3 is 5.97 Å². The highest BCUT2D eigenvalue weighted by molar-refractivity contribution is 7.89. The number of piperidine rings is 1. The summed E-state index contributed by atoms with van der Waals surface area (Å²) >= 11 is 0. The number of aliphatic carboxylic acids is 1. The van der Waals surface area contributed by atoms with Crippen molar-refractivity contribution in [3.05, 3.63) is 0 Å². The number of hydrogen-bond donors (Lipinski definition) is 1. The minimum Gasteiger partial charge on any atom is -0.481 e. The van der Waals surface area contributed by atoms with Crippen LogP contribution in [0.3, 0.4) is 0 Å². The lowest BCUT2D eigenvalue weighted by Gasteiger charge is -2.29. The molecule has 0 bridgehead atoms. The summed E-state index contributed by atoms with van der Waals surface area (Å²) in [4.78, 5) is 10.8. The van der Waals surface area contributed by atoms with Crippen LogP contribution in [0.15, 0.2) is 0 Å². The summed E-state index contributed by atoms with van der Waals surface area (Å²) in [5, 5.41) is 8.89. The molecule has 17 heavy (non-hydrogen) atoms. The molecule has 0 aliphatic carbocycles. The fourth-order valence-corrected chi connectivity index (χ4v) is 3.24. The summed E-state index contributed by atoms with van der Waals surface area (Å²) in [6, 6.07) is 0. The fraction of sp³-hybridized carbons (Fsp3) is 0.900. The maximum atomic E-state index is 11.9. The van der Waals surface area contributed by atoms with Crippen molar-refractivity contribution in [2.45, 2.75) is 19.8 Å². The zero-order valence-electron chi connectivity index (χ0n) is 9.96. The second kappa shape index (κ2) is 6.32. The van der Waals surface area contributed by atoms with Gasteiger partial charge in [-0.1, -0.05) is 0 Å². The second-order valence-corrected chi connectivity index (χ2v) is 6.14. The van der Waals surface area contributed by atoms with E-state index in [1.165, 1.54) is 4.31 Å². The van der Waals surface area contributed by atoms with Gasteiger partial charge in [0.15, 0.2) is 0 Å². The molecule has 0 saturated carbocycles. The predicted octanol–water partition coefficient (Wildman–Crippen LogP) is 0.149. The summed E-state index contributed by atoms with van der Waals surface area (Å²) in [5.74, 6) is -1.58. The van der Waals surface area contributed by atoms with E-state index in [0.717, 1.165) is 0 Å². The minimum atomic E-state index is -3.38. The van der Waals surface area contributed by atoms with Crippen LogP contribution in [-0.2, 0) is 19.6 Å². The molecule has 7 heteroatoms. The van der Waals surface area contributed by atoms with Crippen LogP contribution in [0.5, 0.6) is 0 Å². The lowest BCUT2D eigenvalue weighted by atomic mass is 10.0. The van der Waals surface area contributed by atoms with E-state index in [2.05, 4.69) is 0 Å². The van der Waals surface area contributed by atoms with Crippen LogP contribution < -0.4 is 0 Å². The van der Waals surface area contributed by atoms with Gasteiger partial charge in [0.1, 0.15) is 0 Å². The maximum Gasteiger partial charge on any atom is 0.307 e. The topological polar surface area (TPSA) is 83.9 Å². The van der Waals surface area contributed by atoms with Gasteiger partial charge in [0.2, 0.25) is 10.0 Å². The third-order valence-corrected chi connectivity index (χ3v) is 4.62. The Hall–Kier alpha value is -0.660. The van der Waals surface area contributed by atoms with E-state index < -0.39 is 21.9 Å². The van der Waals surface area contributed by atoms with Crippen LogP contribution in [0, 0.1) is 5.92 Å². The van der Waals surface area contributed by atoms with Crippen molar-refractivity contribution in [2.75, 3.05) is 32.1 Å². The number of carboxylic acids is 1. The lowest BCUT2D eigenvalue weighted by Crippen LogP contribution is -2.43. The van der Waals surface area contributed by atoms with Crippen LogP contribution in [-0.4, -0.2) is 55.9 Å². The zero-order chi connectivity index (χ0) is 12.9. The molecule has 1 N–H and O–H groups in total. The average molecular weight is 265 g/mol. The van der Waals surface area contributed by atoms with Crippen molar-refractivity contribution in [1.82, 2.24) is 4.31 Å². The molecule has 1 saturated heterocycles. The van der Waals surface area contributed by atoms with E-state index in [4.69, 9.17) is 9.84 Å². The van der Waals surface area contributed by atoms with Crippen LogP contribution in [0.2, 0.25) is 0 Å². The molecule has 0 amide bonds. The Labute approximate surface area is 102 Å². The SMILES string of the molecule is CCOCCS(=O)(=O)N1CCCC(C(=O)O)C1. The molecule has 0 aromatic carbocycles. The molecule has 1 atom stereocenters. The number of carbonyl (C=O) groups is 1. The Bertz CT molecular complexity index is 354. The van der Waals surface area contributed by atoms with Crippen molar-refractivity contribution in [2.24, 2.45) is 5.92 Å². The first-order valence-electron chi connectivity index (χ1n) is 5.75. The smallest absolute Gasteiger partial charge is 0.307 e. The first-order valence-corrected chi connectivity index (χ1v) is 7.36. The predicted molar refractivity (Wildman–Crippen MR) is 62.2 cm³/mol. The monoisotopic (exact) mass is 265 g/mol. The van der Waals surface area contributed by atoms with Crippen LogP contribution in [0.4, 0.5) is 0 Å². The van der Waals surface area contributed by atoms with Gasteiger partial charge in [-0.05, 0) is 19.8 Å². The summed E-state index contributed by atoms with van der Waals surface area (Å²) < 4.78 is 30.0. The summed E-state index contributed by atoms with van der Waals surface area (Å²) in [6.07, 6.45) is 1.15. The second-order valence-electron chi connectivity index (χ2n) is 4.05. The van der Waals surface area contributed by atoms with Crippen LogP contribution >= 0.6 is 0 Å². The average Bonchev–Trinajstić information content (AvgIpc) is 2.29. The summed E-state index contributed by atoms with van der Waals surface area (Å²) in [7, 11) is -3.38. The number of rotatable bonds is 6. The number of carboxylic acid groups (broad SMARTS) is 1. The van der Waals surface area contributed by atoms with Gasteiger partial charge in [-0.3, -0.25) is 4.79 Å². The Morgan fingerprint density at radius 2 is 2.24 bits per heavy atom. The number of hydrogen-bond acceptors (Lipinski definition) is 4. The highest BCUT2D eigenvalue weighted by Crippen LogP contribution is 2.19. The molecular weight excluding hydrogens is 246 g/mol. The van der Waals surface area contributed by atoms with Crippen LogP contribution in [0.1, 0.15) is 19.8 Å².